The van der Waals surface area contributed by atoms with Gasteiger partial charge in [-0.25, -0.2) is 9.13 Å². The second kappa shape index (κ2) is 53.3. The fourth-order valence-corrected chi connectivity index (χ4v) is 10.8. The van der Waals surface area contributed by atoms with Crippen LogP contribution in [0.4, 0.5) is 0 Å². The smallest absolute Gasteiger partial charge is 0.462 e. The molecule has 19 heteroatoms. The summed E-state index contributed by atoms with van der Waals surface area (Å²) in [5.41, 5.74) is 0. The van der Waals surface area contributed by atoms with Crippen molar-refractivity contribution in [2.24, 2.45) is 23.7 Å². The summed E-state index contributed by atoms with van der Waals surface area (Å²) < 4.78 is 67.9. The third kappa shape index (κ3) is 55.9. The first-order valence-corrected chi connectivity index (χ1v) is 35.7. The molecular weight excluding hydrogens is 1090 g/mol. The number of unbranched alkanes of at least 4 members (excludes halogenated alkanes) is 25. The lowest BCUT2D eigenvalue weighted by molar-refractivity contribution is -0.161. The summed E-state index contributed by atoms with van der Waals surface area (Å²) in [5.74, 6) is 0.716. The lowest BCUT2D eigenvalue weighted by Gasteiger charge is -2.21. The molecule has 0 heterocycles. The van der Waals surface area contributed by atoms with Crippen LogP contribution in [0.3, 0.4) is 0 Å². The molecule has 0 fully saturated rings. The molecule has 0 aromatic rings. The summed E-state index contributed by atoms with van der Waals surface area (Å²) in [6.07, 6.45) is 32.3. The molecule has 0 aliphatic rings. The third-order valence-corrected chi connectivity index (χ3v) is 16.6. The van der Waals surface area contributed by atoms with E-state index in [4.69, 9.17) is 37.0 Å². The molecule has 0 aromatic heterocycles. The number of phosphoric acid groups is 2. The van der Waals surface area contributed by atoms with E-state index in [2.05, 4.69) is 55.4 Å². The van der Waals surface area contributed by atoms with Gasteiger partial charge in [0.2, 0.25) is 0 Å². The molecule has 6 atom stereocenters. The molecule has 0 aliphatic heterocycles. The standard InChI is InChI=1S/C63H122O17P2/c1-9-56(8)42-34-26-20-22-28-36-44-61(66)74-50-58(79-62(67)45-37-29-18-14-13-16-24-32-40-54(4)5)51-77-81(69,70)75-47-57(64)48-76-82(71,72)78-52-59(80-63(68)46-38-30-21-19-25-33-41-55(6)7)49-73-60(65)43-35-27-17-12-10-11-15-23-31-39-53(2)3/h53-59,64H,9-52H2,1-8H3,(H,69,70)(H,71,72)/t56?,57-,58+,59+/m0/s1. The topological polar surface area (TPSA) is 237 Å². The number of carbonyl (C=O) groups excluding carboxylic acids is 4. The number of hydrogen-bond donors (Lipinski definition) is 3. The summed E-state index contributed by atoms with van der Waals surface area (Å²) in [5, 5.41) is 10.5. The maximum Gasteiger partial charge on any atom is 0.472 e. The van der Waals surface area contributed by atoms with E-state index >= 15 is 0 Å². The Balaban J connectivity index is 5.24. The first-order chi connectivity index (χ1) is 39.1. The van der Waals surface area contributed by atoms with E-state index < -0.39 is 97.5 Å². The van der Waals surface area contributed by atoms with Crippen LogP contribution in [0.25, 0.3) is 0 Å². The minimum Gasteiger partial charge on any atom is -0.462 e. The number of aliphatic hydroxyl groups is 1. The zero-order valence-electron chi connectivity index (χ0n) is 53.1. The molecule has 0 aromatic carbocycles. The molecule has 0 spiro atoms. The van der Waals surface area contributed by atoms with Crippen molar-refractivity contribution in [1.82, 2.24) is 0 Å². The van der Waals surface area contributed by atoms with E-state index in [0.717, 1.165) is 114 Å². The second-order valence-electron chi connectivity index (χ2n) is 24.5. The number of aliphatic hydroxyl groups excluding tert-OH is 1. The van der Waals surface area contributed by atoms with Crippen LogP contribution in [-0.2, 0) is 65.4 Å². The Morgan fingerprint density at radius 3 is 0.866 bits per heavy atom. The van der Waals surface area contributed by atoms with Gasteiger partial charge in [0, 0.05) is 25.7 Å². The van der Waals surface area contributed by atoms with Gasteiger partial charge in [-0.05, 0) is 49.4 Å². The maximum absolute atomic E-state index is 12.9. The van der Waals surface area contributed by atoms with E-state index in [0.29, 0.717) is 31.6 Å². The van der Waals surface area contributed by atoms with Crippen LogP contribution in [0.1, 0.15) is 299 Å². The van der Waals surface area contributed by atoms with Crippen LogP contribution >= 0.6 is 15.6 Å². The van der Waals surface area contributed by atoms with Crippen molar-refractivity contribution in [3.63, 3.8) is 0 Å². The predicted molar refractivity (Wildman–Crippen MR) is 326 cm³/mol. The van der Waals surface area contributed by atoms with Gasteiger partial charge < -0.3 is 33.8 Å². The van der Waals surface area contributed by atoms with Gasteiger partial charge >= 0.3 is 39.5 Å². The van der Waals surface area contributed by atoms with Gasteiger partial charge in [-0.3, -0.25) is 37.3 Å². The second-order valence-corrected chi connectivity index (χ2v) is 27.4. The van der Waals surface area contributed by atoms with Gasteiger partial charge in [-0.15, -0.1) is 0 Å². The Bertz CT molecular complexity index is 1650. The molecular formula is C63H122O17P2. The zero-order chi connectivity index (χ0) is 61.1. The molecule has 486 valence electrons. The Labute approximate surface area is 498 Å². The van der Waals surface area contributed by atoms with Gasteiger partial charge in [0.1, 0.15) is 19.3 Å². The van der Waals surface area contributed by atoms with Crippen molar-refractivity contribution >= 4 is 39.5 Å². The van der Waals surface area contributed by atoms with Crippen LogP contribution in [0.5, 0.6) is 0 Å². The molecule has 3 unspecified atom stereocenters. The molecule has 0 saturated heterocycles. The van der Waals surface area contributed by atoms with Gasteiger partial charge in [0.25, 0.3) is 0 Å². The summed E-state index contributed by atoms with van der Waals surface area (Å²) in [4.78, 5) is 72.1. The minimum atomic E-state index is -4.94. The summed E-state index contributed by atoms with van der Waals surface area (Å²) in [6, 6.07) is 0. The molecule has 0 aliphatic carbocycles. The SMILES string of the molecule is CCC(C)CCCCCCCCC(=O)OC[C@H](COP(=O)(O)OC[C@H](O)COP(=O)(O)OC[C@@H](COC(=O)CCCCCCCCCCCC(C)C)OC(=O)CCCCCCCCC(C)C)OC(=O)CCCCCCCCCCC(C)C. The van der Waals surface area contributed by atoms with Gasteiger partial charge in [-0.2, -0.15) is 0 Å². The molecule has 17 nitrogen and oxygen atoms in total. The average molecular weight is 1210 g/mol. The summed E-state index contributed by atoms with van der Waals surface area (Å²) >= 11 is 0. The monoisotopic (exact) mass is 1210 g/mol. The first-order valence-electron chi connectivity index (χ1n) is 32.7. The highest BCUT2D eigenvalue weighted by molar-refractivity contribution is 7.47. The van der Waals surface area contributed by atoms with Crippen molar-refractivity contribution in [1.29, 1.82) is 0 Å². The zero-order valence-corrected chi connectivity index (χ0v) is 54.9. The van der Waals surface area contributed by atoms with E-state index in [-0.39, 0.29) is 25.7 Å². The van der Waals surface area contributed by atoms with Crippen LogP contribution < -0.4 is 0 Å². The molecule has 0 rings (SSSR count). The quantitative estimate of drug-likeness (QED) is 0.0222. The Hall–Kier alpha value is -1.94. The van der Waals surface area contributed by atoms with Crippen LogP contribution in [0, 0.1) is 23.7 Å². The minimum absolute atomic E-state index is 0.101. The van der Waals surface area contributed by atoms with Crippen molar-refractivity contribution in [2.45, 2.75) is 318 Å². The Kier molecular flexibility index (Phi) is 52.0. The first kappa shape index (κ1) is 80.1. The molecule has 3 N–H and O–H groups in total. The predicted octanol–water partition coefficient (Wildman–Crippen LogP) is 17.0. The van der Waals surface area contributed by atoms with Crippen molar-refractivity contribution in [2.75, 3.05) is 39.6 Å². The highest BCUT2D eigenvalue weighted by Gasteiger charge is 2.30. The highest BCUT2D eigenvalue weighted by Crippen LogP contribution is 2.45. The number of hydrogen-bond acceptors (Lipinski definition) is 15. The van der Waals surface area contributed by atoms with E-state index in [1.54, 1.807) is 0 Å². The molecule has 0 amide bonds. The van der Waals surface area contributed by atoms with E-state index in [9.17, 15) is 43.2 Å². The fourth-order valence-electron chi connectivity index (χ4n) is 9.22. The Morgan fingerprint density at radius 2 is 0.585 bits per heavy atom. The van der Waals surface area contributed by atoms with Crippen molar-refractivity contribution in [3.8, 4) is 0 Å². The number of ether oxygens (including phenoxy) is 4. The third-order valence-electron chi connectivity index (χ3n) is 14.7. The van der Waals surface area contributed by atoms with Crippen LogP contribution in [-0.4, -0.2) is 96.7 Å². The van der Waals surface area contributed by atoms with E-state index in [1.165, 1.54) is 96.3 Å². The lowest BCUT2D eigenvalue weighted by Crippen LogP contribution is -2.30. The number of carbonyl (C=O) groups is 4. The maximum atomic E-state index is 12.9. The average Bonchev–Trinajstić information content (AvgIpc) is 3.43. The normalized spacial score (nSPS) is 14.8. The molecule has 0 bridgehead atoms. The highest BCUT2D eigenvalue weighted by atomic mass is 31.2. The van der Waals surface area contributed by atoms with Crippen molar-refractivity contribution < 1.29 is 80.2 Å². The molecule has 0 saturated carbocycles. The van der Waals surface area contributed by atoms with Gasteiger partial charge in [0.05, 0.1) is 26.4 Å². The number of rotatable bonds is 60. The lowest BCUT2D eigenvalue weighted by atomic mass is 10.00. The molecule has 82 heavy (non-hydrogen) atoms. The Morgan fingerprint density at radius 1 is 0.341 bits per heavy atom. The largest absolute Gasteiger partial charge is 0.472 e. The summed E-state index contributed by atoms with van der Waals surface area (Å²) in [6.45, 7) is 13.9. The number of esters is 4. The van der Waals surface area contributed by atoms with E-state index in [1.807, 2.05) is 0 Å². The van der Waals surface area contributed by atoms with Gasteiger partial charge in [-0.1, -0.05) is 248 Å². The number of phosphoric ester groups is 2. The van der Waals surface area contributed by atoms with Crippen LogP contribution in [0.15, 0.2) is 0 Å². The molecule has 0 radical (unpaired) electrons. The van der Waals surface area contributed by atoms with Gasteiger partial charge in [0.15, 0.2) is 12.2 Å². The van der Waals surface area contributed by atoms with Crippen molar-refractivity contribution in [3.05, 3.63) is 0 Å². The summed E-state index contributed by atoms with van der Waals surface area (Å²) in [7, 11) is -9.89. The van der Waals surface area contributed by atoms with Crippen LogP contribution in [0.2, 0.25) is 0 Å². The fraction of sp³-hybridized carbons (Fsp3) is 0.937.